The van der Waals surface area contributed by atoms with E-state index in [9.17, 15) is 4.79 Å². The van der Waals surface area contributed by atoms with Gasteiger partial charge in [-0.05, 0) is 46.9 Å². The Morgan fingerprint density at radius 1 is 1.62 bits per heavy atom. The molecule has 0 aromatic carbocycles. The maximum absolute atomic E-state index is 12.2. The van der Waals surface area contributed by atoms with Crippen molar-refractivity contribution in [3.8, 4) is 0 Å². The molecule has 0 saturated carbocycles. The summed E-state index contributed by atoms with van der Waals surface area (Å²) in [6, 6.07) is 1.98. The van der Waals surface area contributed by atoms with Gasteiger partial charge in [0, 0.05) is 18.5 Å². The number of hydrogen-bond donors (Lipinski definition) is 0. The van der Waals surface area contributed by atoms with Crippen LogP contribution in [0.2, 0.25) is 0 Å². The van der Waals surface area contributed by atoms with E-state index in [4.69, 9.17) is 0 Å². The summed E-state index contributed by atoms with van der Waals surface area (Å²) in [4.78, 5) is 14.2. The quantitative estimate of drug-likeness (QED) is 0.749. The lowest BCUT2D eigenvalue weighted by atomic mass is 9.95. The van der Waals surface area contributed by atoms with Crippen molar-refractivity contribution in [3.05, 3.63) is 19.9 Å². The molecule has 1 aromatic rings. The van der Waals surface area contributed by atoms with Crippen LogP contribution in [0.4, 0.5) is 0 Å². The molecule has 2 rings (SSSR count). The zero-order valence-electron chi connectivity index (χ0n) is 9.57. The Bertz CT molecular complexity index is 388. The van der Waals surface area contributed by atoms with Crippen molar-refractivity contribution in [3.63, 3.8) is 0 Å². The van der Waals surface area contributed by atoms with Crippen molar-refractivity contribution in [2.75, 3.05) is 13.1 Å². The number of carbonyl (C=O) groups excluding carboxylic acids is 1. The second-order valence-corrected chi connectivity index (χ2v) is 7.49. The van der Waals surface area contributed by atoms with Crippen molar-refractivity contribution in [1.82, 2.24) is 4.90 Å². The molecule has 4 heteroatoms. The number of amides is 1. The molecule has 88 valence electrons. The minimum atomic E-state index is 0.210. The smallest absolute Gasteiger partial charge is 0.254 e. The molecule has 1 unspecified atom stereocenters. The number of carbonyl (C=O) groups is 1. The molecule has 1 aliphatic rings. The molecule has 1 aromatic heterocycles. The molecule has 0 bridgehead atoms. The molecule has 1 atom stereocenters. The van der Waals surface area contributed by atoms with Crippen LogP contribution in [0.25, 0.3) is 0 Å². The summed E-state index contributed by atoms with van der Waals surface area (Å²) in [5.41, 5.74) is 0.860. The summed E-state index contributed by atoms with van der Waals surface area (Å²) in [5, 5.41) is 1.97. The number of nitrogens with zero attached hydrogens (tertiary/aromatic N) is 1. The van der Waals surface area contributed by atoms with E-state index in [-0.39, 0.29) is 5.91 Å². The van der Waals surface area contributed by atoms with Gasteiger partial charge in [0.25, 0.3) is 5.91 Å². The molecule has 1 amide bonds. The summed E-state index contributed by atoms with van der Waals surface area (Å²) in [7, 11) is 0. The van der Waals surface area contributed by atoms with Crippen molar-refractivity contribution in [2.24, 2.45) is 11.8 Å². The highest BCUT2D eigenvalue weighted by Gasteiger charge is 2.28. The third-order valence-corrected chi connectivity index (χ3v) is 5.06. The van der Waals surface area contributed by atoms with Gasteiger partial charge in [-0.15, -0.1) is 11.3 Å². The van der Waals surface area contributed by atoms with Crippen molar-refractivity contribution in [2.45, 2.75) is 20.3 Å². The Balaban J connectivity index is 2.02. The van der Waals surface area contributed by atoms with Crippen LogP contribution >= 0.6 is 33.9 Å². The van der Waals surface area contributed by atoms with E-state index in [1.807, 2.05) is 16.3 Å². The Labute approximate surface area is 114 Å². The molecule has 2 nitrogen and oxygen atoms in total. The van der Waals surface area contributed by atoms with E-state index in [1.54, 1.807) is 11.3 Å². The summed E-state index contributed by atoms with van der Waals surface area (Å²) in [5.74, 6) is 1.57. The Kier molecular flexibility index (Phi) is 3.89. The number of hydrogen-bond acceptors (Lipinski definition) is 2. The van der Waals surface area contributed by atoms with E-state index < -0.39 is 0 Å². The first kappa shape index (κ1) is 12.4. The van der Waals surface area contributed by atoms with E-state index in [0.29, 0.717) is 11.8 Å². The topological polar surface area (TPSA) is 20.3 Å². The largest absolute Gasteiger partial charge is 0.338 e. The summed E-state index contributed by atoms with van der Waals surface area (Å²) >= 11 is 3.90. The lowest BCUT2D eigenvalue weighted by molar-refractivity contribution is 0.0784. The number of rotatable bonds is 2. The SMILES string of the molecule is CC(C)C1CCN(C(=O)c2csc(I)c2)C1. The highest BCUT2D eigenvalue weighted by atomic mass is 127. The predicted octanol–water partition coefficient (Wildman–Crippen LogP) is 3.47. The van der Waals surface area contributed by atoms with Crippen LogP contribution in [0.3, 0.4) is 0 Å². The zero-order chi connectivity index (χ0) is 11.7. The summed E-state index contributed by atoms with van der Waals surface area (Å²) in [6.07, 6.45) is 1.16. The summed E-state index contributed by atoms with van der Waals surface area (Å²) in [6.45, 7) is 6.34. The van der Waals surface area contributed by atoms with Gasteiger partial charge in [0.15, 0.2) is 0 Å². The monoisotopic (exact) mass is 349 g/mol. The fraction of sp³-hybridized carbons (Fsp3) is 0.583. The third-order valence-electron chi connectivity index (χ3n) is 3.27. The van der Waals surface area contributed by atoms with Crippen LogP contribution in [0, 0.1) is 14.7 Å². The zero-order valence-corrected chi connectivity index (χ0v) is 12.5. The van der Waals surface area contributed by atoms with Gasteiger partial charge in [-0.25, -0.2) is 0 Å². The first-order valence-electron chi connectivity index (χ1n) is 5.61. The average molecular weight is 349 g/mol. The van der Waals surface area contributed by atoms with Gasteiger partial charge in [0.2, 0.25) is 0 Å². The van der Waals surface area contributed by atoms with Gasteiger partial charge in [-0.2, -0.15) is 0 Å². The van der Waals surface area contributed by atoms with Gasteiger partial charge < -0.3 is 4.90 Å². The van der Waals surface area contributed by atoms with E-state index in [1.165, 1.54) is 2.88 Å². The van der Waals surface area contributed by atoms with Crippen LogP contribution in [-0.2, 0) is 0 Å². The second kappa shape index (κ2) is 5.04. The van der Waals surface area contributed by atoms with Gasteiger partial charge >= 0.3 is 0 Å². The van der Waals surface area contributed by atoms with Crippen molar-refractivity contribution in [1.29, 1.82) is 0 Å². The number of thiophene rings is 1. The van der Waals surface area contributed by atoms with E-state index >= 15 is 0 Å². The summed E-state index contributed by atoms with van der Waals surface area (Å²) < 4.78 is 1.18. The highest BCUT2D eigenvalue weighted by molar-refractivity contribution is 14.1. The van der Waals surface area contributed by atoms with Gasteiger partial charge in [0.1, 0.15) is 0 Å². The van der Waals surface area contributed by atoms with Crippen LogP contribution in [0.5, 0.6) is 0 Å². The Hall–Kier alpha value is -0.100. The Morgan fingerprint density at radius 3 is 2.88 bits per heavy atom. The van der Waals surface area contributed by atoms with Crippen molar-refractivity contribution >= 4 is 39.8 Å². The number of halogens is 1. The third kappa shape index (κ3) is 2.59. The minimum Gasteiger partial charge on any atom is -0.338 e. The standard InChI is InChI=1S/C12H16INOS/c1-8(2)9-3-4-14(6-9)12(15)10-5-11(13)16-7-10/h5,7-9H,3-4,6H2,1-2H3. The lowest BCUT2D eigenvalue weighted by Gasteiger charge is -2.17. The maximum Gasteiger partial charge on any atom is 0.254 e. The normalized spacial score (nSPS) is 20.8. The highest BCUT2D eigenvalue weighted by Crippen LogP contribution is 2.26. The van der Waals surface area contributed by atoms with Gasteiger partial charge in [-0.3, -0.25) is 4.79 Å². The fourth-order valence-corrected chi connectivity index (χ4v) is 3.44. The maximum atomic E-state index is 12.2. The first-order chi connectivity index (χ1) is 7.58. The minimum absolute atomic E-state index is 0.210. The van der Waals surface area contributed by atoms with Crippen molar-refractivity contribution < 1.29 is 4.79 Å². The first-order valence-corrected chi connectivity index (χ1v) is 7.57. The molecular weight excluding hydrogens is 333 g/mol. The molecule has 1 saturated heterocycles. The van der Waals surface area contributed by atoms with Crippen LogP contribution < -0.4 is 0 Å². The molecule has 16 heavy (non-hydrogen) atoms. The molecule has 0 N–H and O–H groups in total. The van der Waals surface area contributed by atoms with Gasteiger partial charge in [0.05, 0.1) is 8.45 Å². The second-order valence-electron chi connectivity index (χ2n) is 4.68. The fourth-order valence-electron chi connectivity index (χ4n) is 2.12. The molecule has 1 aliphatic heterocycles. The lowest BCUT2D eigenvalue weighted by Crippen LogP contribution is -2.29. The number of likely N-dealkylation sites (tertiary alicyclic amines) is 1. The van der Waals surface area contributed by atoms with Crippen LogP contribution in [-0.4, -0.2) is 23.9 Å². The predicted molar refractivity (Wildman–Crippen MR) is 75.9 cm³/mol. The average Bonchev–Trinajstić information content (AvgIpc) is 2.84. The van der Waals surface area contributed by atoms with E-state index in [0.717, 1.165) is 25.1 Å². The molecule has 0 radical (unpaired) electrons. The van der Waals surface area contributed by atoms with Gasteiger partial charge in [-0.1, -0.05) is 13.8 Å². The van der Waals surface area contributed by atoms with Crippen LogP contribution in [0.1, 0.15) is 30.6 Å². The molecule has 0 spiro atoms. The molecule has 2 heterocycles. The van der Waals surface area contributed by atoms with E-state index in [2.05, 4.69) is 36.4 Å². The Morgan fingerprint density at radius 2 is 2.38 bits per heavy atom. The molecule has 1 fully saturated rings. The van der Waals surface area contributed by atoms with Crippen LogP contribution in [0.15, 0.2) is 11.4 Å². The molecule has 0 aliphatic carbocycles. The molecular formula is C12H16INOS.